The molecule has 0 atom stereocenters. The summed E-state index contributed by atoms with van der Waals surface area (Å²) in [6.45, 7) is -1.96. The van der Waals surface area contributed by atoms with Crippen LogP contribution in [0, 0.1) is 0 Å². The van der Waals surface area contributed by atoms with E-state index in [0.717, 1.165) is 0 Å². The zero-order valence-electron chi connectivity index (χ0n) is 10.1. The third-order valence-corrected chi connectivity index (χ3v) is 2.77. The van der Waals surface area contributed by atoms with Gasteiger partial charge < -0.3 is 9.47 Å². The molecule has 0 unspecified atom stereocenters. The minimum absolute atomic E-state index is 0.0143. The lowest BCUT2D eigenvalue weighted by atomic mass is 10.1. The maximum Gasteiger partial charge on any atom is 0.411 e. The molecule has 1 aromatic rings. The van der Waals surface area contributed by atoms with E-state index in [1.807, 2.05) is 0 Å². The van der Waals surface area contributed by atoms with Crippen LogP contribution >= 0.6 is 15.9 Å². The Morgan fingerprint density at radius 1 is 1.37 bits per heavy atom. The molecule has 0 fully saturated rings. The molecule has 0 aliphatic rings. The van der Waals surface area contributed by atoms with E-state index >= 15 is 0 Å². The summed E-state index contributed by atoms with van der Waals surface area (Å²) >= 11 is 3.26. The summed E-state index contributed by atoms with van der Waals surface area (Å²) in [7, 11) is 1.51. The van der Waals surface area contributed by atoms with E-state index in [1.165, 1.54) is 7.11 Å². The number of halogens is 4. The van der Waals surface area contributed by atoms with Crippen molar-refractivity contribution in [2.24, 2.45) is 0 Å². The number of carbonyl (C=O) groups is 1. The molecule has 1 rings (SSSR count). The van der Waals surface area contributed by atoms with Crippen molar-refractivity contribution in [2.45, 2.75) is 12.6 Å². The van der Waals surface area contributed by atoms with Crippen LogP contribution in [0.2, 0.25) is 0 Å². The largest absolute Gasteiger partial charge is 0.496 e. The number of carbonyl (C=O) groups excluding carboxylic acids is 1. The fourth-order valence-electron chi connectivity index (χ4n) is 1.38. The first kappa shape index (κ1) is 16.0. The molecule has 0 aliphatic carbocycles. The van der Waals surface area contributed by atoms with Crippen LogP contribution in [-0.4, -0.2) is 32.3 Å². The van der Waals surface area contributed by atoms with Crippen molar-refractivity contribution in [1.29, 1.82) is 0 Å². The number of rotatable bonds is 6. The van der Waals surface area contributed by atoms with E-state index in [4.69, 9.17) is 4.74 Å². The van der Waals surface area contributed by atoms with Gasteiger partial charge in [0.05, 0.1) is 11.6 Å². The Morgan fingerprint density at radius 2 is 2.05 bits per heavy atom. The van der Waals surface area contributed by atoms with Gasteiger partial charge >= 0.3 is 6.18 Å². The Hall–Kier alpha value is -1.08. The molecule has 0 amide bonds. The van der Waals surface area contributed by atoms with Gasteiger partial charge in [-0.15, -0.1) is 0 Å². The lowest BCUT2D eigenvalue weighted by Crippen LogP contribution is -2.21. The third-order valence-electron chi connectivity index (χ3n) is 2.15. The summed E-state index contributed by atoms with van der Waals surface area (Å²) in [5, 5.41) is 0. The van der Waals surface area contributed by atoms with Gasteiger partial charge in [-0.1, -0.05) is 6.07 Å². The average Bonchev–Trinajstić information content (AvgIpc) is 2.27. The number of hydrogen-bond donors (Lipinski definition) is 0. The van der Waals surface area contributed by atoms with Gasteiger partial charge in [-0.2, -0.15) is 13.2 Å². The van der Waals surface area contributed by atoms with Gasteiger partial charge in [-0.3, -0.25) is 4.79 Å². The molecule has 7 heteroatoms. The van der Waals surface area contributed by atoms with Gasteiger partial charge in [0, 0.05) is 6.42 Å². The summed E-state index contributed by atoms with van der Waals surface area (Å²) in [6.07, 6.45) is -4.40. The number of ether oxygens (including phenoxy) is 2. The van der Waals surface area contributed by atoms with E-state index in [0.29, 0.717) is 15.8 Å². The fourth-order valence-corrected chi connectivity index (χ4v) is 1.97. The minimum atomic E-state index is -4.41. The lowest BCUT2D eigenvalue weighted by molar-refractivity contribution is -0.175. The van der Waals surface area contributed by atoms with Crippen LogP contribution < -0.4 is 4.74 Å². The highest BCUT2D eigenvalue weighted by atomic mass is 79.9. The van der Waals surface area contributed by atoms with Gasteiger partial charge in [0.25, 0.3) is 0 Å². The van der Waals surface area contributed by atoms with Crippen molar-refractivity contribution < 1.29 is 27.4 Å². The fraction of sp³-hybridized carbons (Fsp3) is 0.417. The van der Waals surface area contributed by atoms with Crippen molar-refractivity contribution in [2.75, 3.05) is 20.3 Å². The van der Waals surface area contributed by atoms with E-state index in [-0.39, 0.29) is 6.42 Å². The molecule has 106 valence electrons. The number of alkyl halides is 3. The summed E-state index contributed by atoms with van der Waals surface area (Å²) < 4.78 is 45.4. The number of Topliss-reactive ketones (excluding diaryl/α,β-unsaturated/α-hetero) is 1. The monoisotopic (exact) mass is 340 g/mol. The summed E-state index contributed by atoms with van der Waals surface area (Å²) in [6, 6.07) is 5.02. The average molecular weight is 341 g/mol. The molecule has 0 aromatic heterocycles. The van der Waals surface area contributed by atoms with Crippen LogP contribution in [0.1, 0.15) is 5.56 Å². The first-order valence-corrected chi connectivity index (χ1v) is 6.10. The van der Waals surface area contributed by atoms with Gasteiger partial charge in [0.15, 0.2) is 5.78 Å². The van der Waals surface area contributed by atoms with Crippen LogP contribution in [0.4, 0.5) is 13.2 Å². The topological polar surface area (TPSA) is 35.5 Å². The maximum absolute atomic E-state index is 11.8. The first-order chi connectivity index (χ1) is 8.81. The molecule has 0 aliphatic heterocycles. The summed E-state index contributed by atoms with van der Waals surface area (Å²) in [5.74, 6) is 0.200. The molecule has 3 nitrogen and oxygen atoms in total. The first-order valence-electron chi connectivity index (χ1n) is 5.30. The Labute approximate surface area is 116 Å². The molecule has 0 saturated carbocycles. The Morgan fingerprint density at radius 3 is 2.58 bits per heavy atom. The molecule has 0 N–H and O–H groups in total. The van der Waals surface area contributed by atoms with Gasteiger partial charge in [-0.05, 0) is 33.6 Å². The lowest BCUT2D eigenvalue weighted by Gasteiger charge is -2.08. The van der Waals surface area contributed by atoms with Crippen molar-refractivity contribution in [3.8, 4) is 5.75 Å². The van der Waals surface area contributed by atoms with Crippen LogP contribution in [0.3, 0.4) is 0 Å². The van der Waals surface area contributed by atoms with Crippen molar-refractivity contribution >= 4 is 21.7 Å². The zero-order valence-corrected chi connectivity index (χ0v) is 11.7. The Balaban J connectivity index is 2.46. The quantitative estimate of drug-likeness (QED) is 0.798. The normalized spacial score (nSPS) is 11.4. The highest BCUT2D eigenvalue weighted by Crippen LogP contribution is 2.25. The standard InChI is InChI=1S/C12H12BrF3O3/c1-18-11-3-2-8(5-10(11)13)4-9(17)6-19-7-12(14,15)16/h2-3,5H,4,6-7H2,1H3. The number of ketones is 1. The highest BCUT2D eigenvalue weighted by molar-refractivity contribution is 9.10. The van der Waals surface area contributed by atoms with E-state index in [1.54, 1.807) is 18.2 Å². The second kappa shape index (κ2) is 6.91. The maximum atomic E-state index is 11.8. The number of benzene rings is 1. The molecular formula is C12H12BrF3O3. The summed E-state index contributed by atoms with van der Waals surface area (Å²) in [4.78, 5) is 11.4. The predicted molar refractivity (Wildman–Crippen MR) is 66.3 cm³/mol. The minimum Gasteiger partial charge on any atom is -0.496 e. The molecule has 0 heterocycles. The molecule has 0 bridgehead atoms. The number of hydrogen-bond acceptors (Lipinski definition) is 3. The molecular weight excluding hydrogens is 329 g/mol. The van der Waals surface area contributed by atoms with Crippen molar-refractivity contribution in [3.63, 3.8) is 0 Å². The molecule has 0 radical (unpaired) electrons. The van der Waals surface area contributed by atoms with Crippen LogP contribution in [0.15, 0.2) is 22.7 Å². The SMILES string of the molecule is COc1ccc(CC(=O)COCC(F)(F)F)cc1Br. The second-order valence-corrected chi connectivity index (χ2v) is 4.65. The highest BCUT2D eigenvalue weighted by Gasteiger charge is 2.27. The van der Waals surface area contributed by atoms with Gasteiger partial charge in [0.2, 0.25) is 0 Å². The van der Waals surface area contributed by atoms with Crippen LogP contribution in [0.5, 0.6) is 5.75 Å². The predicted octanol–water partition coefficient (Wildman–Crippen LogP) is 3.15. The summed E-state index contributed by atoms with van der Waals surface area (Å²) in [5.41, 5.74) is 0.674. The van der Waals surface area contributed by atoms with Crippen molar-refractivity contribution in [1.82, 2.24) is 0 Å². The second-order valence-electron chi connectivity index (χ2n) is 3.79. The van der Waals surface area contributed by atoms with E-state index in [9.17, 15) is 18.0 Å². The number of methoxy groups -OCH3 is 1. The Kier molecular flexibility index (Phi) is 5.81. The third kappa shape index (κ3) is 6.07. The molecule has 0 spiro atoms. The van der Waals surface area contributed by atoms with Crippen LogP contribution in [0.25, 0.3) is 0 Å². The van der Waals surface area contributed by atoms with Crippen LogP contribution in [-0.2, 0) is 16.0 Å². The van der Waals surface area contributed by atoms with E-state index in [2.05, 4.69) is 20.7 Å². The smallest absolute Gasteiger partial charge is 0.411 e. The zero-order chi connectivity index (χ0) is 14.5. The van der Waals surface area contributed by atoms with Crippen molar-refractivity contribution in [3.05, 3.63) is 28.2 Å². The van der Waals surface area contributed by atoms with Gasteiger partial charge in [-0.25, -0.2) is 0 Å². The molecule has 0 saturated heterocycles. The molecule has 19 heavy (non-hydrogen) atoms. The Bertz CT molecular complexity index is 446. The molecule has 1 aromatic carbocycles. The van der Waals surface area contributed by atoms with Gasteiger partial charge in [0.1, 0.15) is 19.0 Å². The van der Waals surface area contributed by atoms with E-state index < -0.39 is 25.2 Å².